The van der Waals surface area contributed by atoms with E-state index in [1.807, 2.05) is 0 Å². The molecule has 0 aromatic carbocycles. The minimum absolute atomic E-state index is 0.228. The molecule has 90 valence electrons. The predicted molar refractivity (Wildman–Crippen MR) is 66.9 cm³/mol. The van der Waals surface area contributed by atoms with Gasteiger partial charge in [-0.3, -0.25) is 4.90 Å². The van der Waals surface area contributed by atoms with E-state index in [9.17, 15) is 0 Å². The highest BCUT2D eigenvalue weighted by molar-refractivity contribution is 4.94. The van der Waals surface area contributed by atoms with Crippen LogP contribution in [0, 0.1) is 5.92 Å². The van der Waals surface area contributed by atoms with Crippen molar-refractivity contribution in [2.45, 2.75) is 65.0 Å². The molecule has 2 heteroatoms. The lowest BCUT2D eigenvalue weighted by Crippen LogP contribution is -2.54. The van der Waals surface area contributed by atoms with E-state index >= 15 is 0 Å². The fourth-order valence-corrected chi connectivity index (χ4v) is 3.17. The van der Waals surface area contributed by atoms with E-state index in [4.69, 9.17) is 5.73 Å². The van der Waals surface area contributed by atoms with Crippen LogP contribution in [-0.4, -0.2) is 29.6 Å². The number of nitrogens with two attached hydrogens (primary N) is 1. The van der Waals surface area contributed by atoms with Crippen LogP contribution in [-0.2, 0) is 0 Å². The Balaban J connectivity index is 2.71. The molecule has 2 atom stereocenters. The summed E-state index contributed by atoms with van der Waals surface area (Å²) in [6.07, 6.45) is 5.21. The Morgan fingerprint density at radius 1 is 1.47 bits per heavy atom. The lowest BCUT2D eigenvalue weighted by molar-refractivity contribution is 0.0743. The molecule has 1 aliphatic rings. The summed E-state index contributed by atoms with van der Waals surface area (Å²) in [7, 11) is 0. The molecule has 0 bridgehead atoms. The average Bonchev–Trinajstić information content (AvgIpc) is 2.64. The minimum atomic E-state index is 0.228. The summed E-state index contributed by atoms with van der Waals surface area (Å²) >= 11 is 0. The molecule has 0 spiro atoms. The van der Waals surface area contributed by atoms with Gasteiger partial charge in [-0.1, -0.05) is 20.8 Å². The summed E-state index contributed by atoms with van der Waals surface area (Å²) < 4.78 is 0. The van der Waals surface area contributed by atoms with Gasteiger partial charge in [0.25, 0.3) is 0 Å². The van der Waals surface area contributed by atoms with Gasteiger partial charge in [0, 0.05) is 18.1 Å². The van der Waals surface area contributed by atoms with E-state index in [0.717, 1.165) is 18.5 Å². The molecule has 1 saturated heterocycles. The summed E-state index contributed by atoms with van der Waals surface area (Å²) in [5, 5.41) is 0. The molecule has 1 rings (SSSR count). The highest BCUT2D eigenvalue weighted by Gasteiger charge is 2.37. The topological polar surface area (TPSA) is 29.3 Å². The summed E-state index contributed by atoms with van der Waals surface area (Å²) in [5.41, 5.74) is 6.24. The van der Waals surface area contributed by atoms with Crippen LogP contribution in [0.25, 0.3) is 0 Å². The highest BCUT2D eigenvalue weighted by atomic mass is 15.2. The third-order valence-corrected chi connectivity index (χ3v) is 3.83. The maximum atomic E-state index is 6.01. The van der Waals surface area contributed by atoms with Crippen LogP contribution < -0.4 is 5.73 Å². The van der Waals surface area contributed by atoms with Crippen molar-refractivity contribution in [2.75, 3.05) is 13.1 Å². The van der Waals surface area contributed by atoms with Gasteiger partial charge >= 0.3 is 0 Å². The zero-order valence-electron chi connectivity index (χ0n) is 10.9. The number of nitrogens with zero attached hydrogens (tertiary/aromatic N) is 1. The van der Waals surface area contributed by atoms with Crippen LogP contribution in [0.5, 0.6) is 0 Å². The monoisotopic (exact) mass is 212 g/mol. The van der Waals surface area contributed by atoms with Crippen molar-refractivity contribution in [1.29, 1.82) is 0 Å². The van der Waals surface area contributed by atoms with Gasteiger partial charge in [-0.15, -0.1) is 0 Å². The van der Waals surface area contributed by atoms with Gasteiger partial charge in [0.05, 0.1) is 0 Å². The molecule has 1 heterocycles. The molecular formula is C13H28N2. The molecule has 2 N–H and O–H groups in total. The van der Waals surface area contributed by atoms with Crippen molar-refractivity contribution >= 4 is 0 Å². The zero-order valence-corrected chi connectivity index (χ0v) is 10.9. The molecule has 0 saturated carbocycles. The van der Waals surface area contributed by atoms with E-state index in [0.29, 0.717) is 0 Å². The van der Waals surface area contributed by atoms with Crippen LogP contribution in [0.4, 0.5) is 0 Å². The van der Waals surface area contributed by atoms with Crippen LogP contribution in [0.3, 0.4) is 0 Å². The average molecular weight is 212 g/mol. The maximum Gasteiger partial charge on any atom is 0.0308 e. The highest BCUT2D eigenvalue weighted by Crippen LogP contribution is 2.32. The van der Waals surface area contributed by atoms with E-state index in [1.165, 1.54) is 32.2 Å². The zero-order chi connectivity index (χ0) is 11.5. The van der Waals surface area contributed by atoms with Gasteiger partial charge in [-0.25, -0.2) is 0 Å². The molecule has 1 fully saturated rings. The van der Waals surface area contributed by atoms with Crippen molar-refractivity contribution < 1.29 is 0 Å². The van der Waals surface area contributed by atoms with E-state index in [2.05, 4.69) is 32.6 Å². The fraction of sp³-hybridized carbons (Fsp3) is 1.00. The normalized spacial score (nSPS) is 27.2. The second kappa shape index (κ2) is 5.31. The Morgan fingerprint density at radius 2 is 2.13 bits per heavy atom. The minimum Gasteiger partial charge on any atom is -0.329 e. The molecule has 0 aliphatic carbocycles. The van der Waals surface area contributed by atoms with Crippen LogP contribution in [0.2, 0.25) is 0 Å². The first kappa shape index (κ1) is 13.0. The summed E-state index contributed by atoms with van der Waals surface area (Å²) in [5.74, 6) is 0.733. The number of likely N-dealkylation sites (tertiary alicyclic amines) is 1. The van der Waals surface area contributed by atoms with Crippen LogP contribution in [0.15, 0.2) is 0 Å². The Hall–Kier alpha value is -0.0800. The Bertz CT molecular complexity index is 191. The van der Waals surface area contributed by atoms with E-state index in [-0.39, 0.29) is 5.54 Å². The molecule has 0 aromatic heterocycles. The maximum absolute atomic E-state index is 6.01. The number of hydrogen-bond donors (Lipinski definition) is 1. The first-order chi connectivity index (χ1) is 7.03. The quantitative estimate of drug-likeness (QED) is 0.759. The smallest absolute Gasteiger partial charge is 0.0308 e. The van der Waals surface area contributed by atoms with Crippen molar-refractivity contribution in [3.8, 4) is 0 Å². The van der Waals surface area contributed by atoms with Gasteiger partial charge in [-0.05, 0) is 45.1 Å². The van der Waals surface area contributed by atoms with Gasteiger partial charge < -0.3 is 5.73 Å². The van der Waals surface area contributed by atoms with Crippen molar-refractivity contribution in [3.05, 3.63) is 0 Å². The first-order valence-corrected chi connectivity index (χ1v) is 6.50. The molecule has 15 heavy (non-hydrogen) atoms. The molecule has 0 aromatic rings. The number of hydrogen-bond acceptors (Lipinski definition) is 2. The predicted octanol–water partition coefficient (Wildman–Crippen LogP) is 2.62. The van der Waals surface area contributed by atoms with Gasteiger partial charge in [0.2, 0.25) is 0 Å². The second-order valence-corrected chi connectivity index (χ2v) is 5.70. The summed E-state index contributed by atoms with van der Waals surface area (Å²) in [6.45, 7) is 11.3. The molecule has 0 amide bonds. The largest absolute Gasteiger partial charge is 0.329 e. The summed E-state index contributed by atoms with van der Waals surface area (Å²) in [4.78, 5) is 2.67. The molecule has 1 aliphatic heterocycles. The third kappa shape index (κ3) is 2.94. The van der Waals surface area contributed by atoms with E-state index < -0.39 is 0 Å². The standard InChI is InChI=1S/C13H28N2/c1-5-12-7-6-8-15(12)13(4,10-14)9-11(2)3/h11-12H,5-10,14H2,1-4H3. The molecule has 2 unspecified atom stereocenters. The summed E-state index contributed by atoms with van der Waals surface area (Å²) in [6, 6.07) is 0.775. The van der Waals surface area contributed by atoms with Crippen molar-refractivity contribution in [1.82, 2.24) is 4.90 Å². The second-order valence-electron chi connectivity index (χ2n) is 5.70. The van der Waals surface area contributed by atoms with Crippen LogP contribution >= 0.6 is 0 Å². The number of rotatable bonds is 5. The van der Waals surface area contributed by atoms with Crippen molar-refractivity contribution in [2.24, 2.45) is 11.7 Å². The molecular weight excluding hydrogens is 184 g/mol. The van der Waals surface area contributed by atoms with Gasteiger partial charge in [0.15, 0.2) is 0 Å². The first-order valence-electron chi connectivity index (χ1n) is 6.50. The SMILES string of the molecule is CCC1CCCN1C(C)(CN)CC(C)C. The van der Waals surface area contributed by atoms with E-state index in [1.54, 1.807) is 0 Å². The Labute approximate surface area is 95.2 Å². The molecule has 2 nitrogen and oxygen atoms in total. The third-order valence-electron chi connectivity index (χ3n) is 3.83. The fourth-order valence-electron chi connectivity index (χ4n) is 3.17. The van der Waals surface area contributed by atoms with Crippen LogP contribution in [0.1, 0.15) is 53.4 Å². The lowest BCUT2D eigenvalue weighted by atomic mass is 9.88. The van der Waals surface area contributed by atoms with Crippen molar-refractivity contribution in [3.63, 3.8) is 0 Å². The molecule has 0 radical (unpaired) electrons. The Morgan fingerprint density at radius 3 is 2.60 bits per heavy atom. The van der Waals surface area contributed by atoms with Gasteiger partial charge in [0.1, 0.15) is 0 Å². The van der Waals surface area contributed by atoms with Gasteiger partial charge in [-0.2, -0.15) is 0 Å². The Kier molecular flexibility index (Phi) is 4.60. The lowest BCUT2D eigenvalue weighted by Gasteiger charge is -2.43.